The summed E-state index contributed by atoms with van der Waals surface area (Å²) in [7, 11) is 0. The Balaban J connectivity index is 1.64. The van der Waals surface area contributed by atoms with Gasteiger partial charge in [-0.05, 0) is 24.6 Å². The molecule has 1 amide bonds. The van der Waals surface area contributed by atoms with Crippen molar-refractivity contribution < 1.29 is 14.3 Å². The largest absolute Gasteiger partial charge is 0.461 e. The number of carbonyl (C=O) groups is 2. The van der Waals surface area contributed by atoms with E-state index in [1.165, 1.54) is 18.3 Å². The Hall–Kier alpha value is -3.33. The van der Waals surface area contributed by atoms with Gasteiger partial charge in [0.1, 0.15) is 0 Å². The second kappa shape index (κ2) is 9.05. The molecular formula is C19H19N5O3S. The standard InChI is InChI=1S/C19H19N5O3S/c1-3-27-18(26)15-8-9-17(24-23-15)22-19-21-16(11-28-19)14-6-4-13(5-7-14)10-20-12(2)25/h4-9,11H,3,10H2,1-2H3,(H,20,25)(H,21,22,24). The van der Waals surface area contributed by atoms with Gasteiger partial charge in [0.25, 0.3) is 0 Å². The molecule has 0 unspecified atom stereocenters. The molecule has 0 aliphatic carbocycles. The van der Waals surface area contributed by atoms with Crippen LogP contribution in [0.2, 0.25) is 0 Å². The Labute approximate surface area is 166 Å². The molecule has 8 nitrogen and oxygen atoms in total. The summed E-state index contributed by atoms with van der Waals surface area (Å²) in [6, 6.07) is 11.0. The van der Waals surface area contributed by atoms with Crippen molar-refractivity contribution in [1.82, 2.24) is 20.5 Å². The zero-order valence-electron chi connectivity index (χ0n) is 15.4. The smallest absolute Gasteiger partial charge is 0.358 e. The van der Waals surface area contributed by atoms with Gasteiger partial charge in [-0.15, -0.1) is 21.5 Å². The summed E-state index contributed by atoms with van der Waals surface area (Å²) in [6.45, 7) is 4.02. The summed E-state index contributed by atoms with van der Waals surface area (Å²) in [6.07, 6.45) is 0. The second-order valence-corrected chi connectivity index (χ2v) is 6.65. The first-order chi connectivity index (χ1) is 13.5. The molecule has 144 valence electrons. The summed E-state index contributed by atoms with van der Waals surface area (Å²) in [5.74, 6) is -0.0719. The fourth-order valence-electron chi connectivity index (χ4n) is 2.31. The summed E-state index contributed by atoms with van der Waals surface area (Å²) >= 11 is 1.44. The molecule has 0 aliphatic rings. The van der Waals surface area contributed by atoms with Gasteiger partial charge in [0.05, 0.1) is 12.3 Å². The van der Waals surface area contributed by atoms with Gasteiger partial charge in [-0.3, -0.25) is 4.79 Å². The van der Waals surface area contributed by atoms with Crippen LogP contribution in [0.5, 0.6) is 0 Å². The van der Waals surface area contributed by atoms with Gasteiger partial charge in [0.2, 0.25) is 5.91 Å². The highest BCUT2D eigenvalue weighted by molar-refractivity contribution is 7.14. The number of hydrogen-bond donors (Lipinski definition) is 2. The molecule has 3 rings (SSSR count). The fourth-order valence-corrected chi connectivity index (χ4v) is 3.03. The number of nitrogens with zero attached hydrogens (tertiary/aromatic N) is 3. The average Bonchev–Trinajstić information content (AvgIpc) is 3.16. The van der Waals surface area contributed by atoms with E-state index in [1.54, 1.807) is 19.1 Å². The third-order valence-electron chi connectivity index (χ3n) is 3.68. The van der Waals surface area contributed by atoms with E-state index in [2.05, 4.69) is 25.8 Å². The highest BCUT2D eigenvalue weighted by Crippen LogP contribution is 2.26. The Morgan fingerprint density at radius 2 is 1.89 bits per heavy atom. The number of thiazole rings is 1. The van der Waals surface area contributed by atoms with Crippen molar-refractivity contribution in [2.45, 2.75) is 20.4 Å². The molecule has 3 aromatic rings. The summed E-state index contributed by atoms with van der Waals surface area (Å²) in [5, 5.41) is 16.3. The van der Waals surface area contributed by atoms with E-state index in [1.807, 2.05) is 29.6 Å². The topological polar surface area (TPSA) is 106 Å². The Morgan fingerprint density at radius 1 is 1.11 bits per heavy atom. The van der Waals surface area contributed by atoms with Crippen molar-refractivity contribution in [2.24, 2.45) is 0 Å². The van der Waals surface area contributed by atoms with Crippen LogP contribution in [0.15, 0.2) is 41.8 Å². The number of carbonyl (C=O) groups excluding carboxylic acids is 2. The predicted octanol–water partition coefficient (Wildman–Crippen LogP) is 3.16. The predicted molar refractivity (Wildman–Crippen MR) is 106 cm³/mol. The lowest BCUT2D eigenvalue weighted by Gasteiger charge is -2.04. The Kier molecular flexibility index (Phi) is 6.28. The average molecular weight is 397 g/mol. The molecule has 0 spiro atoms. The van der Waals surface area contributed by atoms with E-state index in [4.69, 9.17) is 4.74 Å². The fraction of sp³-hybridized carbons (Fsp3) is 0.211. The first-order valence-electron chi connectivity index (χ1n) is 8.62. The van der Waals surface area contributed by atoms with Gasteiger partial charge in [-0.25, -0.2) is 9.78 Å². The lowest BCUT2D eigenvalue weighted by molar-refractivity contribution is -0.119. The number of anilines is 2. The summed E-state index contributed by atoms with van der Waals surface area (Å²) in [5.41, 5.74) is 2.98. The maximum Gasteiger partial charge on any atom is 0.358 e. The van der Waals surface area contributed by atoms with E-state index in [0.29, 0.717) is 17.5 Å². The number of benzene rings is 1. The maximum absolute atomic E-state index is 11.6. The number of amides is 1. The minimum Gasteiger partial charge on any atom is -0.461 e. The molecule has 0 radical (unpaired) electrons. The zero-order valence-corrected chi connectivity index (χ0v) is 16.2. The van der Waals surface area contributed by atoms with E-state index in [9.17, 15) is 9.59 Å². The van der Waals surface area contributed by atoms with Crippen molar-refractivity contribution in [3.63, 3.8) is 0 Å². The quantitative estimate of drug-likeness (QED) is 0.590. The highest BCUT2D eigenvalue weighted by Gasteiger charge is 2.10. The van der Waals surface area contributed by atoms with Crippen LogP contribution in [-0.2, 0) is 16.1 Å². The second-order valence-electron chi connectivity index (χ2n) is 5.79. The summed E-state index contributed by atoms with van der Waals surface area (Å²) < 4.78 is 4.88. The molecule has 28 heavy (non-hydrogen) atoms. The Morgan fingerprint density at radius 3 is 2.54 bits per heavy atom. The molecule has 0 bridgehead atoms. The van der Waals surface area contributed by atoms with Crippen LogP contribution in [0, 0.1) is 0 Å². The third kappa shape index (κ3) is 5.10. The third-order valence-corrected chi connectivity index (χ3v) is 4.44. The lowest BCUT2D eigenvalue weighted by atomic mass is 10.1. The van der Waals surface area contributed by atoms with Crippen LogP contribution in [0.1, 0.15) is 29.9 Å². The lowest BCUT2D eigenvalue weighted by Crippen LogP contribution is -2.18. The van der Waals surface area contributed by atoms with Crippen LogP contribution >= 0.6 is 11.3 Å². The number of rotatable bonds is 7. The SMILES string of the molecule is CCOC(=O)c1ccc(Nc2nc(-c3ccc(CNC(C)=O)cc3)cs2)nn1. The van der Waals surface area contributed by atoms with Crippen molar-refractivity contribution in [2.75, 3.05) is 11.9 Å². The number of aromatic nitrogens is 3. The molecule has 0 aliphatic heterocycles. The van der Waals surface area contributed by atoms with Gasteiger partial charge < -0.3 is 15.4 Å². The van der Waals surface area contributed by atoms with E-state index in [0.717, 1.165) is 16.8 Å². The van der Waals surface area contributed by atoms with Crippen molar-refractivity contribution >= 4 is 34.2 Å². The first-order valence-corrected chi connectivity index (χ1v) is 9.50. The van der Waals surface area contributed by atoms with Crippen LogP contribution in [0.25, 0.3) is 11.3 Å². The molecule has 0 fully saturated rings. The highest BCUT2D eigenvalue weighted by atomic mass is 32.1. The molecule has 9 heteroatoms. The number of hydrogen-bond acceptors (Lipinski definition) is 8. The minimum atomic E-state index is -0.500. The van der Waals surface area contributed by atoms with Crippen molar-refractivity contribution in [3.05, 3.63) is 53.0 Å². The van der Waals surface area contributed by atoms with E-state index < -0.39 is 5.97 Å². The molecule has 2 aromatic heterocycles. The molecular weight excluding hydrogens is 378 g/mol. The zero-order chi connectivity index (χ0) is 19.9. The minimum absolute atomic E-state index is 0.0577. The molecule has 0 atom stereocenters. The molecule has 0 saturated heterocycles. The van der Waals surface area contributed by atoms with Crippen LogP contribution in [0.4, 0.5) is 10.9 Å². The van der Waals surface area contributed by atoms with Gasteiger partial charge >= 0.3 is 5.97 Å². The van der Waals surface area contributed by atoms with Gasteiger partial charge in [-0.1, -0.05) is 24.3 Å². The number of ether oxygens (including phenoxy) is 1. The van der Waals surface area contributed by atoms with E-state index in [-0.39, 0.29) is 18.2 Å². The maximum atomic E-state index is 11.6. The van der Waals surface area contributed by atoms with Gasteiger partial charge in [0, 0.05) is 24.4 Å². The molecule has 1 aromatic carbocycles. The molecule has 0 saturated carbocycles. The van der Waals surface area contributed by atoms with Crippen LogP contribution in [-0.4, -0.2) is 33.7 Å². The number of nitrogens with one attached hydrogen (secondary N) is 2. The van der Waals surface area contributed by atoms with Crippen LogP contribution < -0.4 is 10.6 Å². The normalized spacial score (nSPS) is 10.4. The molecule has 2 N–H and O–H groups in total. The van der Waals surface area contributed by atoms with Gasteiger partial charge in [-0.2, -0.15) is 0 Å². The number of esters is 1. The van der Waals surface area contributed by atoms with Gasteiger partial charge in [0.15, 0.2) is 16.6 Å². The van der Waals surface area contributed by atoms with Crippen molar-refractivity contribution in [3.8, 4) is 11.3 Å². The first kappa shape index (κ1) is 19.4. The summed E-state index contributed by atoms with van der Waals surface area (Å²) in [4.78, 5) is 27.1. The monoisotopic (exact) mass is 397 g/mol. The Bertz CT molecular complexity index is 954. The van der Waals surface area contributed by atoms with Crippen molar-refractivity contribution in [1.29, 1.82) is 0 Å². The van der Waals surface area contributed by atoms with Crippen LogP contribution in [0.3, 0.4) is 0 Å². The molecule has 2 heterocycles. The van der Waals surface area contributed by atoms with E-state index >= 15 is 0 Å².